The van der Waals surface area contributed by atoms with Crippen LogP contribution in [-0.2, 0) is 15.2 Å². The Morgan fingerprint density at radius 3 is 2.00 bits per heavy atom. The molecule has 2 nitrogen and oxygen atoms in total. The van der Waals surface area contributed by atoms with E-state index in [2.05, 4.69) is 11.8 Å². The Balaban J connectivity index is 1.92. The van der Waals surface area contributed by atoms with E-state index >= 15 is 4.39 Å². The molecule has 0 aliphatic rings. The van der Waals surface area contributed by atoms with Crippen LogP contribution in [0, 0.1) is 11.8 Å². The lowest BCUT2D eigenvalue weighted by Crippen LogP contribution is -2.32. The van der Waals surface area contributed by atoms with E-state index in [-0.39, 0.29) is 5.56 Å². The van der Waals surface area contributed by atoms with E-state index in [1.54, 1.807) is 37.3 Å². The zero-order chi connectivity index (χ0) is 19.1. The number of benzene rings is 3. The summed E-state index contributed by atoms with van der Waals surface area (Å²) in [5.41, 5.74) is -0.990. The van der Waals surface area contributed by atoms with Crippen molar-refractivity contribution in [1.29, 1.82) is 0 Å². The molecule has 0 radical (unpaired) electrons. The second kappa shape index (κ2) is 8.33. The first-order valence-corrected chi connectivity index (χ1v) is 8.68. The molecule has 0 saturated carbocycles. The highest BCUT2D eigenvalue weighted by atomic mass is 19.1. The highest BCUT2D eigenvalue weighted by Crippen LogP contribution is 2.30. The lowest BCUT2D eigenvalue weighted by atomic mass is 9.95. The predicted molar refractivity (Wildman–Crippen MR) is 103 cm³/mol. The second-order valence-electron chi connectivity index (χ2n) is 6.10. The number of carbonyl (C=O) groups is 1. The number of carbonyl (C=O) groups excluding carboxylic acids is 1. The van der Waals surface area contributed by atoms with Gasteiger partial charge in [-0.05, 0) is 30.5 Å². The topological polar surface area (TPSA) is 26.3 Å². The van der Waals surface area contributed by atoms with Crippen molar-refractivity contribution in [3.8, 4) is 11.8 Å². The van der Waals surface area contributed by atoms with E-state index < -0.39 is 17.7 Å². The molecule has 3 heteroatoms. The van der Waals surface area contributed by atoms with E-state index in [4.69, 9.17) is 4.74 Å². The fourth-order valence-corrected chi connectivity index (χ4v) is 2.62. The van der Waals surface area contributed by atoms with E-state index in [0.717, 1.165) is 5.56 Å². The Bertz CT molecular complexity index is 943. The number of halogens is 1. The number of rotatable bonds is 4. The van der Waals surface area contributed by atoms with Gasteiger partial charge in [0.05, 0.1) is 0 Å². The van der Waals surface area contributed by atoms with Gasteiger partial charge in [0.15, 0.2) is 0 Å². The molecule has 2 atom stereocenters. The van der Waals surface area contributed by atoms with Gasteiger partial charge in [-0.3, -0.25) is 0 Å². The fraction of sp³-hybridized carbons (Fsp3) is 0.125. The van der Waals surface area contributed by atoms with Gasteiger partial charge in [0.1, 0.15) is 6.10 Å². The van der Waals surface area contributed by atoms with Gasteiger partial charge in [-0.1, -0.05) is 84.8 Å². The number of hydrogen-bond acceptors (Lipinski definition) is 2. The highest BCUT2D eigenvalue weighted by molar-refractivity contribution is 5.85. The van der Waals surface area contributed by atoms with Gasteiger partial charge in [-0.2, -0.15) is 0 Å². The molecule has 0 aromatic heterocycles. The molecule has 0 aliphatic carbocycles. The molecular weight excluding hydrogens is 339 g/mol. The van der Waals surface area contributed by atoms with Crippen molar-refractivity contribution < 1.29 is 13.9 Å². The summed E-state index contributed by atoms with van der Waals surface area (Å²) in [5, 5.41) is 0. The van der Waals surface area contributed by atoms with Gasteiger partial charge in [0.25, 0.3) is 5.67 Å². The van der Waals surface area contributed by atoms with Crippen molar-refractivity contribution in [2.45, 2.75) is 18.7 Å². The summed E-state index contributed by atoms with van der Waals surface area (Å²) >= 11 is 0. The van der Waals surface area contributed by atoms with Crippen LogP contribution in [0.15, 0.2) is 91.0 Å². The number of alkyl halides is 1. The summed E-state index contributed by atoms with van der Waals surface area (Å²) in [5.74, 6) is 4.23. The van der Waals surface area contributed by atoms with Crippen molar-refractivity contribution in [3.63, 3.8) is 0 Å². The molecule has 0 saturated heterocycles. The number of esters is 1. The zero-order valence-corrected chi connectivity index (χ0v) is 14.9. The van der Waals surface area contributed by atoms with E-state index in [0.29, 0.717) is 5.56 Å². The molecule has 0 N–H and O–H groups in total. The standard InChI is InChI=1S/C24H19FO2/c1-19(21-13-7-3-8-14-21)27-23(26)24(25,22-15-9-4-10-16-22)18-17-20-11-5-2-6-12-20/h2-16,19H,1H3. The summed E-state index contributed by atoms with van der Waals surface area (Å²) in [6, 6.07) is 26.4. The molecule has 0 spiro atoms. The van der Waals surface area contributed by atoms with Crippen LogP contribution >= 0.6 is 0 Å². The average molecular weight is 358 g/mol. The monoisotopic (exact) mass is 358 g/mol. The Morgan fingerprint density at radius 2 is 1.41 bits per heavy atom. The molecule has 0 amide bonds. The van der Waals surface area contributed by atoms with Gasteiger partial charge in [0, 0.05) is 11.1 Å². The Labute approximate surface area is 158 Å². The molecule has 3 aromatic carbocycles. The minimum atomic E-state index is -2.56. The minimum Gasteiger partial charge on any atom is -0.454 e. The minimum absolute atomic E-state index is 0.152. The first-order valence-electron chi connectivity index (χ1n) is 8.68. The molecule has 2 unspecified atom stereocenters. The van der Waals surface area contributed by atoms with Crippen LogP contribution in [-0.4, -0.2) is 5.97 Å². The van der Waals surface area contributed by atoms with Crippen molar-refractivity contribution in [1.82, 2.24) is 0 Å². The maximum absolute atomic E-state index is 15.8. The van der Waals surface area contributed by atoms with Crippen LogP contribution < -0.4 is 0 Å². The van der Waals surface area contributed by atoms with Crippen LogP contribution in [0.3, 0.4) is 0 Å². The number of ether oxygens (including phenoxy) is 1. The van der Waals surface area contributed by atoms with Crippen molar-refractivity contribution in [3.05, 3.63) is 108 Å². The zero-order valence-electron chi connectivity index (χ0n) is 14.9. The van der Waals surface area contributed by atoms with Crippen LogP contribution in [0.5, 0.6) is 0 Å². The van der Waals surface area contributed by atoms with Gasteiger partial charge in [-0.25, -0.2) is 9.18 Å². The first kappa shape index (κ1) is 18.4. The quantitative estimate of drug-likeness (QED) is 0.473. The third-order valence-electron chi connectivity index (χ3n) is 4.16. The summed E-state index contributed by atoms with van der Waals surface area (Å²) in [6.45, 7) is 1.71. The molecule has 0 bridgehead atoms. The van der Waals surface area contributed by atoms with Gasteiger partial charge in [-0.15, -0.1) is 0 Å². The molecule has 0 fully saturated rings. The Kier molecular flexibility index (Phi) is 5.68. The van der Waals surface area contributed by atoms with Crippen LogP contribution in [0.25, 0.3) is 0 Å². The summed E-state index contributed by atoms with van der Waals surface area (Å²) in [4.78, 5) is 12.8. The third-order valence-corrected chi connectivity index (χ3v) is 4.16. The maximum atomic E-state index is 15.8. The van der Waals surface area contributed by atoms with Gasteiger partial charge < -0.3 is 4.74 Å². The van der Waals surface area contributed by atoms with E-state index in [1.807, 2.05) is 48.5 Å². The van der Waals surface area contributed by atoms with E-state index in [9.17, 15) is 4.79 Å². The van der Waals surface area contributed by atoms with Gasteiger partial charge >= 0.3 is 5.97 Å². The van der Waals surface area contributed by atoms with Gasteiger partial charge in [0.2, 0.25) is 0 Å². The molecule has 0 heterocycles. The van der Waals surface area contributed by atoms with Crippen molar-refractivity contribution in [2.24, 2.45) is 0 Å². The molecule has 134 valence electrons. The molecule has 27 heavy (non-hydrogen) atoms. The van der Waals surface area contributed by atoms with Crippen LogP contribution in [0.4, 0.5) is 4.39 Å². The lowest BCUT2D eigenvalue weighted by Gasteiger charge is -2.21. The molecular formula is C24H19FO2. The van der Waals surface area contributed by atoms with Crippen molar-refractivity contribution >= 4 is 5.97 Å². The third kappa shape index (κ3) is 4.43. The summed E-state index contributed by atoms with van der Waals surface area (Å²) < 4.78 is 21.3. The average Bonchev–Trinajstić information content (AvgIpc) is 2.74. The van der Waals surface area contributed by atoms with Crippen molar-refractivity contribution in [2.75, 3.05) is 0 Å². The second-order valence-corrected chi connectivity index (χ2v) is 6.10. The summed E-state index contributed by atoms with van der Waals surface area (Å²) in [7, 11) is 0. The Morgan fingerprint density at radius 1 is 0.889 bits per heavy atom. The molecule has 3 aromatic rings. The van der Waals surface area contributed by atoms with Crippen LogP contribution in [0.2, 0.25) is 0 Å². The molecule has 0 aliphatic heterocycles. The SMILES string of the molecule is CC(OC(=O)C(F)(C#Cc1ccccc1)c1ccccc1)c1ccccc1. The molecule has 3 rings (SSSR count). The normalized spacial score (nSPS) is 13.6. The smallest absolute Gasteiger partial charge is 0.362 e. The Hall–Kier alpha value is -3.38. The highest BCUT2D eigenvalue weighted by Gasteiger charge is 2.41. The largest absolute Gasteiger partial charge is 0.454 e. The predicted octanol–water partition coefficient (Wildman–Crippen LogP) is 5.21. The lowest BCUT2D eigenvalue weighted by molar-refractivity contribution is -0.159. The van der Waals surface area contributed by atoms with Crippen LogP contribution in [0.1, 0.15) is 29.7 Å². The number of hydrogen-bond donors (Lipinski definition) is 0. The maximum Gasteiger partial charge on any atom is 0.362 e. The first-order chi connectivity index (χ1) is 13.1. The fourth-order valence-electron chi connectivity index (χ4n) is 2.62. The van der Waals surface area contributed by atoms with E-state index in [1.165, 1.54) is 12.1 Å². The summed E-state index contributed by atoms with van der Waals surface area (Å²) in [6.07, 6.45) is -0.587.